The summed E-state index contributed by atoms with van der Waals surface area (Å²) in [5.74, 6) is 1.14. The molecular formula is C59H38N2OS. The topological polar surface area (TPSA) is 19.1 Å². The standard InChI is InChI=1S/C59H38N2OS/c1-59-32-10-9-21-49(59)55-42(18-12-23-53(55)62-59)44-19-11-20-45-48-35-41(27-31-54(48)63-58(44)45)61-51-29-25-39(36-13-3-2-4-14-36)34-47(51)43-28-30-52-56(57(43)61)46-17-7-8-22-50(46)60(52)40-26-24-37-15-5-6-16-38(37)33-40/h2-35,49H,1H3. The minimum atomic E-state index is -0.381. The number of fused-ring (bicyclic) bond motifs is 14. The fraction of sp³-hybridized carbons (Fsp3) is 0.0508. The Kier molecular flexibility index (Phi) is 7.18. The normalized spacial score (nSPS) is 16.9. The molecule has 1 aliphatic heterocycles. The highest BCUT2D eigenvalue weighted by molar-refractivity contribution is 7.26. The van der Waals surface area contributed by atoms with Gasteiger partial charge >= 0.3 is 0 Å². The molecule has 63 heavy (non-hydrogen) atoms. The van der Waals surface area contributed by atoms with Gasteiger partial charge in [0.25, 0.3) is 0 Å². The molecule has 4 heteroatoms. The van der Waals surface area contributed by atoms with E-state index in [9.17, 15) is 0 Å². The predicted octanol–water partition coefficient (Wildman–Crippen LogP) is 16.1. The molecule has 0 bridgehead atoms. The van der Waals surface area contributed by atoms with Crippen molar-refractivity contribution < 1.29 is 4.74 Å². The van der Waals surface area contributed by atoms with E-state index in [0.29, 0.717) is 0 Å². The number of allylic oxidation sites excluding steroid dienone is 2. The van der Waals surface area contributed by atoms with Crippen LogP contribution in [0.15, 0.2) is 206 Å². The van der Waals surface area contributed by atoms with Crippen molar-refractivity contribution >= 4 is 85.9 Å². The van der Waals surface area contributed by atoms with Crippen LogP contribution in [0.25, 0.3) is 108 Å². The number of hydrogen-bond acceptors (Lipinski definition) is 2. The Morgan fingerprint density at radius 1 is 0.508 bits per heavy atom. The number of aromatic nitrogens is 2. The van der Waals surface area contributed by atoms with Crippen molar-refractivity contribution in [1.82, 2.24) is 9.13 Å². The van der Waals surface area contributed by atoms with Crippen LogP contribution < -0.4 is 4.74 Å². The SMILES string of the molecule is CC12C=CC=CC1c1c(cccc1-c1cccc3c1sc1ccc(-n4c5ccc(-c6ccccc6)cc5c5ccc6c(c7ccccc7n6-c6ccc7ccccc7c6)c54)cc13)O2. The van der Waals surface area contributed by atoms with E-state index in [0.717, 1.165) is 17.1 Å². The third kappa shape index (κ3) is 4.95. The van der Waals surface area contributed by atoms with Crippen LogP contribution in [-0.4, -0.2) is 14.7 Å². The van der Waals surface area contributed by atoms with Crippen molar-refractivity contribution in [2.75, 3.05) is 0 Å². The number of rotatable bonds is 4. The fourth-order valence-corrected chi connectivity index (χ4v) is 12.2. The number of ether oxygens (including phenoxy) is 1. The van der Waals surface area contributed by atoms with Crippen molar-refractivity contribution in [3.63, 3.8) is 0 Å². The van der Waals surface area contributed by atoms with E-state index in [-0.39, 0.29) is 11.5 Å². The second-order valence-corrected chi connectivity index (χ2v) is 18.4. The van der Waals surface area contributed by atoms with E-state index in [4.69, 9.17) is 4.74 Å². The van der Waals surface area contributed by atoms with Gasteiger partial charge in [0.1, 0.15) is 11.4 Å². The van der Waals surface area contributed by atoms with Gasteiger partial charge in [-0.3, -0.25) is 0 Å². The molecule has 0 amide bonds. The first kappa shape index (κ1) is 35.0. The molecule has 0 radical (unpaired) electrons. The molecule has 0 spiro atoms. The maximum absolute atomic E-state index is 6.65. The van der Waals surface area contributed by atoms with Gasteiger partial charge in [0.15, 0.2) is 0 Å². The smallest absolute Gasteiger partial charge is 0.135 e. The first-order valence-electron chi connectivity index (χ1n) is 21.8. The summed E-state index contributed by atoms with van der Waals surface area (Å²) in [6, 6.07) is 67.4. The largest absolute Gasteiger partial charge is 0.482 e. The Morgan fingerprint density at radius 2 is 1.27 bits per heavy atom. The zero-order valence-electron chi connectivity index (χ0n) is 34.4. The molecule has 296 valence electrons. The molecule has 2 unspecified atom stereocenters. The Bertz CT molecular complexity index is 3970. The molecule has 0 saturated carbocycles. The molecule has 12 aromatic rings. The maximum atomic E-state index is 6.65. The molecular weight excluding hydrogens is 785 g/mol. The predicted molar refractivity (Wildman–Crippen MR) is 266 cm³/mol. The van der Waals surface area contributed by atoms with Gasteiger partial charge in [0.05, 0.1) is 22.1 Å². The minimum Gasteiger partial charge on any atom is -0.482 e. The van der Waals surface area contributed by atoms with Gasteiger partial charge in [0.2, 0.25) is 0 Å². The molecule has 3 nitrogen and oxygen atoms in total. The minimum absolute atomic E-state index is 0.159. The molecule has 0 fully saturated rings. The van der Waals surface area contributed by atoms with Gasteiger partial charge in [-0.15, -0.1) is 11.3 Å². The van der Waals surface area contributed by atoms with E-state index in [1.54, 1.807) is 0 Å². The number of para-hydroxylation sites is 1. The second-order valence-electron chi connectivity index (χ2n) is 17.4. The quantitative estimate of drug-likeness (QED) is 0.173. The van der Waals surface area contributed by atoms with Crippen LogP contribution in [-0.2, 0) is 0 Å². The first-order chi connectivity index (χ1) is 31.1. The highest BCUT2D eigenvalue weighted by Crippen LogP contribution is 2.53. The average Bonchev–Trinajstić information content (AvgIpc) is 4.07. The van der Waals surface area contributed by atoms with Crippen molar-refractivity contribution in [2.24, 2.45) is 0 Å². The van der Waals surface area contributed by atoms with E-state index in [2.05, 4.69) is 222 Å². The summed E-state index contributed by atoms with van der Waals surface area (Å²) in [6.45, 7) is 2.20. The molecule has 2 atom stereocenters. The number of thiophene rings is 1. The van der Waals surface area contributed by atoms with Crippen molar-refractivity contribution in [2.45, 2.75) is 18.4 Å². The molecule has 3 aromatic heterocycles. The molecule has 14 rings (SSSR count). The molecule has 0 saturated heterocycles. The van der Waals surface area contributed by atoms with Crippen molar-refractivity contribution in [1.29, 1.82) is 0 Å². The third-order valence-electron chi connectivity index (χ3n) is 13.9. The van der Waals surface area contributed by atoms with Gasteiger partial charge in [0, 0.05) is 64.6 Å². The summed E-state index contributed by atoms with van der Waals surface area (Å²) in [5.41, 5.74) is 12.9. The highest BCUT2D eigenvalue weighted by atomic mass is 32.1. The molecule has 1 aliphatic carbocycles. The lowest BCUT2D eigenvalue weighted by Crippen LogP contribution is -2.32. The Hall–Kier alpha value is -7.66. The van der Waals surface area contributed by atoms with Crippen LogP contribution in [0.5, 0.6) is 5.75 Å². The third-order valence-corrected chi connectivity index (χ3v) is 15.1. The molecule has 2 aliphatic rings. The average molecular weight is 823 g/mol. The van der Waals surface area contributed by atoms with Crippen molar-refractivity contribution in [3.8, 4) is 39.4 Å². The number of hydrogen-bond donors (Lipinski definition) is 0. The Morgan fingerprint density at radius 3 is 2.21 bits per heavy atom. The van der Waals surface area contributed by atoms with Crippen LogP contribution in [0.3, 0.4) is 0 Å². The van der Waals surface area contributed by atoms with E-state index >= 15 is 0 Å². The van der Waals surface area contributed by atoms with E-state index in [1.165, 1.54) is 102 Å². The summed E-state index contributed by atoms with van der Waals surface area (Å²) in [4.78, 5) is 0. The monoisotopic (exact) mass is 822 g/mol. The Balaban J connectivity index is 1.04. The maximum Gasteiger partial charge on any atom is 0.135 e. The number of benzene rings is 9. The summed E-state index contributed by atoms with van der Waals surface area (Å²) < 4.78 is 14.2. The van der Waals surface area contributed by atoms with Crippen LogP contribution in [0, 0.1) is 0 Å². The van der Waals surface area contributed by atoms with Crippen LogP contribution in [0.2, 0.25) is 0 Å². The lowest BCUT2D eigenvalue weighted by atomic mass is 9.79. The molecule has 9 aromatic carbocycles. The second kappa shape index (κ2) is 12.9. The zero-order valence-corrected chi connectivity index (χ0v) is 35.2. The van der Waals surface area contributed by atoms with Gasteiger partial charge < -0.3 is 13.9 Å². The Labute approximate surface area is 367 Å². The molecule has 4 heterocycles. The van der Waals surface area contributed by atoms with Crippen molar-refractivity contribution in [3.05, 3.63) is 212 Å². The highest BCUT2D eigenvalue weighted by Gasteiger charge is 2.44. The lowest BCUT2D eigenvalue weighted by molar-refractivity contribution is 0.155. The van der Waals surface area contributed by atoms with Gasteiger partial charge in [-0.2, -0.15) is 0 Å². The van der Waals surface area contributed by atoms with Gasteiger partial charge in [-0.1, -0.05) is 140 Å². The van der Waals surface area contributed by atoms with E-state index < -0.39 is 0 Å². The van der Waals surface area contributed by atoms with Crippen LogP contribution in [0.1, 0.15) is 18.4 Å². The summed E-state index contributed by atoms with van der Waals surface area (Å²) >= 11 is 1.89. The van der Waals surface area contributed by atoms with Crippen LogP contribution in [0.4, 0.5) is 0 Å². The van der Waals surface area contributed by atoms with Gasteiger partial charge in [-0.25, -0.2) is 0 Å². The summed E-state index contributed by atoms with van der Waals surface area (Å²) in [7, 11) is 0. The summed E-state index contributed by atoms with van der Waals surface area (Å²) in [6.07, 6.45) is 8.78. The number of nitrogens with zero attached hydrogens (tertiary/aromatic N) is 2. The zero-order chi connectivity index (χ0) is 41.4. The fourth-order valence-electron chi connectivity index (χ4n) is 11.0. The van der Waals surface area contributed by atoms with Crippen LogP contribution >= 0.6 is 11.3 Å². The first-order valence-corrected chi connectivity index (χ1v) is 22.6. The van der Waals surface area contributed by atoms with E-state index in [1.807, 2.05) is 11.3 Å². The lowest BCUT2D eigenvalue weighted by Gasteiger charge is -2.27. The van der Waals surface area contributed by atoms with Gasteiger partial charge in [-0.05, 0) is 107 Å². The molecule has 0 N–H and O–H groups in total. The summed E-state index contributed by atoms with van der Waals surface area (Å²) in [5, 5.41) is 10.00.